The van der Waals surface area contributed by atoms with Crippen molar-refractivity contribution in [3.8, 4) is 11.4 Å². The zero-order valence-corrected chi connectivity index (χ0v) is 8.23. The molecule has 14 heavy (non-hydrogen) atoms. The third-order valence-corrected chi connectivity index (χ3v) is 1.97. The standard InChI is InChI=1S/C10H12N4/c1-7(2)9-12-10(14-13-9)8-4-3-5-11-6-8/h3-7H,1-2H3,(H,12,13,14). The van der Waals surface area contributed by atoms with Crippen molar-refractivity contribution in [2.24, 2.45) is 0 Å². The second kappa shape index (κ2) is 3.57. The van der Waals surface area contributed by atoms with Gasteiger partial charge in [-0.1, -0.05) is 13.8 Å². The summed E-state index contributed by atoms with van der Waals surface area (Å²) in [5.41, 5.74) is 0.940. The lowest BCUT2D eigenvalue weighted by Gasteiger charge is -1.95. The Bertz CT molecular complexity index is 405. The molecule has 0 fully saturated rings. The Kier molecular flexibility index (Phi) is 2.26. The molecule has 0 aliphatic carbocycles. The summed E-state index contributed by atoms with van der Waals surface area (Å²) in [5, 5.41) is 7.05. The fourth-order valence-corrected chi connectivity index (χ4v) is 1.16. The van der Waals surface area contributed by atoms with Gasteiger partial charge in [-0.05, 0) is 12.1 Å². The lowest BCUT2D eigenvalue weighted by Crippen LogP contribution is -1.89. The minimum absolute atomic E-state index is 0.368. The van der Waals surface area contributed by atoms with E-state index < -0.39 is 0 Å². The zero-order valence-electron chi connectivity index (χ0n) is 8.23. The quantitative estimate of drug-likeness (QED) is 0.784. The zero-order chi connectivity index (χ0) is 9.97. The first-order valence-electron chi connectivity index (χ1n) is 4.60. The van der Waals surface area contributed by atoms with Crippen LogP contribution in [0, 0.1) is 0 Å². The van der Waals surface area contributed by atoms with Crippen LogP contribution in [0.3, 0.4) is 0 Å². The normalized spacial score (nSPS) is 10.8. The second-order valence-corrected chi connectivity index (χ2v) is 3.44. The summed E-state index contributed by atoms with van der Waals surface area (Å²) in [6, 6.07) is 3.82. The van der Waals surface area contributed by atoms with Crippen LogP contribution in [0.4, 0.5) is 0 Å². The molecule has 0 aliphatic rings. The monoisotopic (exact) mass is 188 g/mol. The van der Waals surface area contributed by atoms with Crippen LogP contribution in [-0.2, 0) is 0 Å². The Morgan fingerprint density at radius 1 is 1.36 bits per heavy atom. The Morgan fingerprint density at radius 2 is 2.21 bits per heavy atom. The molecule has 0 saturated carbocycles. The van der Waals surface area contributed by atoms with Gasteiger partial charge in [-0.25, -0.2) is 4.98 Å². The maximum atomic E-state index is 4.37. The number of H-pyrrole nitrogens is 1. The van der Waals surface area contributed by atoms with Crippen LogP contribution < -0.4 is 0 Å². The van der Waals surface area contributed by atoms with Crippen molar-refractivity contribution in [3.63, 3.8) is 0 Å². The minimum atomic E-state index is 0.368. The molecule has 2 heterocycles. The average molecular weight is 188 g/mol. The Balaban J connectivity index is 2.34. The molecule has 4 nitrogen and oxygen atoms in total. The van der Waals surface area contributed by atoms with Crippen LogP contribution in [0.25, 0.3) is 11.4 Å². The van der Waals surface area contributed by atoms with E-state index in [4.69, 9.17) is 0 Å². The molecule has 0 amide bonds. The van der Waals surface area contributed by atoms with Crippen LogP contribution in [0.1, 0.15) is 25.6 Å². The largest absolute Gasteiger partial charge is 0.264 e. The van der Waals surface area contributed by atoms with E-state index in [0.717, 1.165) is 11.4 Å². The van der Waals surface area contributed by atoms with Gasteiger partial charge in [0.05, 0.1) is 0 Å². The van der Waals surface area contributed by atoms with Crippen molar-refractivity contribution in [2.75, 3.05) is 0 Å². The fourth-order valence-electron chi connectivity index (χ4n) is 1.16. The number of hydrogen-bond acceptors (Lipinski definition) is 3. The molecule has 0 saturated heterocycles. The van der Waals surface area contributed by atoms with E-state index in [1.165, 1.54) is 0 Å². The third-order valence-electron chi connectivity index (χ3n) is 1.97. The van der Waals surface area contributed by atoms with E-state index in [0.29, 0.717) is 11.7 Å². The summed E-state index contributed by atoms with van der Waals surface area (Å²) in [7, 11) is 0. The molecule has 0 spiro atoms. The van der Waals surface area contributed by atoms with Crippen LogP contribution >= 0.6 is 0 Å². The van der Waals surface area contributed by atoms with Crippen molar-refractivity contribution in [2.45, 2.75) is 19.8 Å². The van der Waals surface area contributed by atoms with Crippen LogP contribution in [0.5, 0.6) is 0 Å². The Hall–Kier alpha value is -1.71. The molecule has 0 atom stereocenters. The smallest absolute Gasteiger partial charge is 0.182 e. The Morgan fingerprint density at radius 3 is 2.79 bits per heavy atom. The van der Waals surface area contributed by atoms with Gasteiger partial charge in [-0.15, -0.1) is 0 Å². The maximum absolute atomic E-state index is 4.37. The number of hydrogen-bond donors (Lipinski definition) is 1. The molecule has 0 unspecified atom stereocenters. The highest BCUT2D eigenvalue weighted by Crippen LogP contribution is 2.15. The summed E-state index contributed by atoms with van der Waals surface area (Å²) in [5.74, 6) is 1.98. The molecule has 72 valence electrons. The summed E-state index contributed by atoms with van der Waals surface area (Å²) in [4.78, 5) is 8.39. The molecular weight excluding hydrogens is 176 g/mol. The molecule has 0 aliphatic heterocycles. The fraction of sp³-hybridized carbons (Fsp3) is 0.300. The molecular formula is C10H12N4. The SMILES string of the molecule is CC(C)c1nc(-c2cccnc2)n[nH]1. The highest BCUT2D eigenvalue weighted by molar-refractivity contribution is 5.52. The third kappa shape index (κ3) is 1.64. The van der Waals surface area contributed by atoms with Gasteiger partial charge in [-0.2, -0.15) is 5.10 Å². The molecule has 0 radical (unpaired) electrons. The second-order valence-electron chi connectivity index (χ2n) is 3.44. The average Bonchev–Trinajstić information content (AvgIpc) is 2.68. The van der Waals surface area contributed by atoms with Gasteiger partial charge in [-0.3, -0.25) is 10.1 Å². The first-order valence-corrected chi connectivity index (χ1v) is 4.60. The van der Waals surface area contributed by atoms with E-state index >= 15 is 0 Å². The molecule has 0 aromatic carbocycles. The number of aromatic nitrogens is 4. The van der Waals surface area contributed by atoms with Gasteiger partial charge in [0.15, 0.2) is 5.82 Å². The van der Waals surface area contributed by atoms with Gasteiger partial charge in [0, 0.05) is 23.9 Å². The number of nitrogens with one attached hydrogen (secondary N) is 1. The van der Waals surface area contributed by atoms with Crippen molar-refractivity contribution < 1.29 is 0 Å². The summed E-state index contributed by atoms with van der Waals surface area (Å²) < 4.78 is 0. The minimum Gasteiger partial charge on any atom is -0.264 e. The summed E-state index contributed by atoms with van der Waals surface area (Å²) >= 11 is 0. The van der Waals surface area contributed by atoms with Gasteiger partial charge < -0.3 is 0 Å². The number of aromatic amines is 1. The van der Waals surface area contributed by atoms with Gasteiger partial charge >= 0.3 is 0 Å². The predicted molar refractivity (Wildman–Crippen MR) is 53.7 cm³/mol. The first kappa shape index (κ1) is 8.87. The first-order chi connectivity index (χ1) is 6.77. The van der Waals surface area contributed by atoms with E-state index in [9.17, 15) is 0 Å². The summed E-state index contributed by atoms with van der Waals surface area (Å²) in [6.45, 7) is 4.15. The number of rotatable bonds is 2. The number of pyridine rings is 1. The van der Waals surface area contributed by atoms with E-state index in [1.807, 2.05) is 12.1 Å². The topological polar surface area (TPSA) is 54.5 Å². The molecule has 2 aromatic heterocycles. The lowest BCUT2D eigenvalue weighted by atomic mass is 10.2. The van der Waals surface area contributed by atoms with Crippen molar-refractivity contribution in [1.82, 2.24) is 20.2 Å². The lowest BCUT2D eigenvalue weighted by molar-refractivity contribution is 0.781. The van der Waals surface area contributed by atoms with Gasteiger partial charge in [0.1, 0.15) is 5.82 Å². The maximum Gasteiger partial charge on any atom is 0.182 e. The van der Waals surface area contributed by atoms with Crippen molar-refractivity contribution >= 4 is 0 Å². The van der Waals surface area contributed by atoms with E-state index in [2.05, 4.69) is 34.0 Å². The predicted octanol–water partition coefficient (Wildman–Crippen LogP) is 1.99. The van der Waals surface area contributed by atoms with Crippen molar-refractivity contribution in [1.29, 1.82) is 0 Å². The number of nitrogens with zero attached hydrogens (tertiary/aromatic N) is 3. The highest BCUT2D eigenvalue weighted by atomic mass is 15.2. The van der Waals surface area contributed by atoms with Crippen LogP contribution in [-0.4, -0.2) is 20.2 Å². The van der Waals surface area contributed by atoms with E-state index in [-0.39, 0.29) is 0 Å². The van der Waals surface area contributed by atoms with Crippen LogP contribution in [0.2, 0.25) is 0 Å². The molecule has 2 aromatic rings. The summed E-state index contributed by atoms with van der Waals surface area (Å²) in [6.07, 6.45) is 3.49. The van der Waals surface area contributed by atoms with Crippen molar-refractivity contribution in [3.05, 3.63) is 30.4 Å². The molecule has 2 rings (SSSR count). The van der Waals surface area contributed by atoms with E-state index in [1.54, 1.807) is 12.4 Å². The molecule has 1 N–H and O–H groups in total. The van der Waals surface area contributed by atoms with Gasteiger partial charge in [0.2, 0.25) is 0 Å². The molecule has 0 bridgehead atoms. The molecule has 4 heteroatoms. The Labute approximate surface area is 82.4 Å². The highest BCUT2D eigenvalue weighted by Gasteiger charge is 2.07. The van der Waals surface area contributed by atoms with Gasteiger partial charge in [0.25, 0.3) is 0 Å². The van der Waals surface area contributed by atoms with Crippen LogP contribution in [0.15, 0.2) is 24.5 Å².